The molecule has 0 radical (unpaired) electrons. The predicted molar refractivity (Wildman–Crippen MR) is 111 cm³/mol. The minimum atomic E-state index is -0.700. The maximum atomic E-state index is 12.5. The van der Waals surface area contributed by atoms with E-state index in [0.717, 1.165) is 11.1 Å². The third kappa shape index (κ3) is 6.21. The molecule has 5 nitrogen and oxygen atoms in total. The van der Waals surface area contributed by atoms with Crippen molar-refractivity contribution in [1.82, 2.24) is 5.32 Å². The number of alkyl carbamates (subject to hydrolysis) is 1. The molecular formula is C24H23NO4. The maximum Gasteiger partial charge on any atom is 0.408 e. The quantitative estimate of drug-likeness (QED) is 0.564. The van der Waals surface area contributed by atoms with Gasteiger partial charge >= 0.3 is 6.09 Å². The summed E-state index contributed by atoms with van der Waals surface area (Å²) in [5.41, 5.74) is 2.44. The van der Waals surface area contributed by atoms with Crippen LogP contribution in [0.1, 0.15) is 28.4 Å². The molecule has 0 heterocycles. The molecule has 3 rings (SSSR count). The van der Waals surface area contributed by atoms with E-state index >= 15 is 0 Å². The first kappa shape index (κ1) is 20.1. The highest BCUT2D eigenvalue weighted by Crippen LogP contribution is 2.15. The molecule has 0 aliphatic carbocycles. The van der Waals surface area contributed by atoms with Crippen molar-refractivity contribution >= 4 is 11.9 Å². The zero-order valence-corrected chi connectivity index (χ0v) is 16.2. The van der Waals surface area contributed by atoms with Crippen molar-refractivity contribution in [2.75, 3.05) is 0 Å². The van der Waals surface area contributed by atoms with Crippen LogP contribution in [0.2, 0.25) is 0 Å². The summed E-state index contributed by atoms with van der Waals surface area (Å²) in [5, 5.41) is 2.57. The Bertz CT molecular complexity index is 924. The van der Waals surface area contributed by atoms with Gasteiger partial charge in [-0.25, -0.2) is 4.79 Å². The zero-order chi connectivity index (χ0) is 20.5. The second-order valence-corrected chi connectivity index (χ2v) is 6.59. The minimum Gasteiger partial charge on any atom is -0.489 e. The van der Waals surface area contributed by atoms with Crippen LogP contribution in [-0.4, -0.2) is 17.9 Å². The van der Waals surface area contributed by atoms with Crippen molar-refractivity contribution in [2.24, 2.45) is 0 Å². The van der Waals surface area contributed by atoms with Gasteiger partial charge in [-0.15, -0.1) is 0 Å². The Morgan fingerprint density at radius 1 is 0.793 bits per heavy atom. The number of nitrogens with one attached hydrogen (secondary N) is 1. The monoisotopic (exact) mass is 389 g/mol. The van der Waals surface area contributed by atoms with Crippen LogP contribution in [-0.2, 0) is 18.0 Å². The van der Waals surface area contributed by atoms with Gasteiger partial charge in [-0.3, -0.25) is 4.79 Å². The molecule has 3 aromatic rings. The van der Waals surface area contributed by atoms with E-state index in [4.69, 9.17) is 9.47 Å². The van der Waals surface area contributed by atoms with Crippen molar-refractivity contribution in [3.63, 3.8) is 0 Å². The molecule has 3 aromatic carbocycles. The number of benzene rings is 3. The molecule has 1 N–H and O–H groups in total. The van der Waals surface area contributed by atoms with E-state index in [0.29, 0.717) is 17.9 Å². The fourth-order valence-electron chi connectivity index (χ4n) is 2.71. The molecule has 0 saturated carbocycles. The van der Waals surface area contributed by atoms with E-state index in [9.17, 15) is 9.59 Å². The summed E-state index contributed by atoms with van der Waals surface area (Å²) < 4.78 is 10.9. The molecule has 1 atom stereocenters. The van der Waals surface area contributed by atoms with Crippen molar-refractivity contribution < 1.29 is 19.1 Å². The van der Waals surface area contributed by atoms with E-state index in [1.54, 1.807) is 31.2 Å². The number of ketones is 1. The third-order valence-corrected chi connectivity index (χ3v) is 4.33. The normalized spacial score (nSPS) is 11.3. The second-order valence-electron chi connectivity index (χ2n) is 6.59. The Morgan fingerprint density at radius 2 is 1.34 bits per heavy atom. The van der Waals surface area contributed by atoms with Crippen LogP contribution in [0.15, 0.2) is 84.9 Å². The zero-order valence-electron chi connectivity index (χ0n) is 16.2. The summed E-state index contributed by atoms with van der Waals surface area (Å²) in [7, 11) is 0. The molecule has 0 fully saturated rings. The van der Waals surface area contributed by atoms with Crippen LogP contribution >= 0.6 is 0 Å². The number of Topliss-reactive ketones (excluding diaryl/α,β-unsaturated/α-hetero) is 1. The number of carbonyl (C=O) groups excluding carboxylic acids is 2. The number of hydrogen-bond donors (Lipinski definition) is 1. The predicted octanol–water partition coefficient (Wildman–Crippen LogP) is 4.76. The summed E-state index contributed by atoms with van der Waals surface area (Å²) in [6, 6.07) is 25.4. The van der Waals surface area contributed by atoms with Crippen LogP contribution in [0.4, 0.5) is 4.79 Å². The minimum absolute atomic E-state index is 0.154. The second kappa shape index (κ2) is 10.1. The van der Waals surface area contributed by atoms with E-state index in [-0.39, 0.29) is 12.4 Å². The molecule has 0 bridgehead atoms. The SMILES string of the molecule is C[C@@H](NC(=O)OCc1ccccc1)C(=O)c1ccc(OCc2ccccc2)cc1. The van der Waals surface area contributed by atoms with Gasteiger partial charge in [0.2, 0.25) is 0 Å². The summed E-state index contributed by atoms with van der Waals surface area (Å²) >= 11 is 0. The molecule has 0 aliphatic rings. The van der Waals surface area contributed by atoms with Crippen LogP contribution in [0, 0.1) is 0 Å². The molecular weight excluding hydrogens is 366 g/mol. The average molecular weight is 389 g/mol. The molecule has 148 valence electrons. The van der Waals surface area contributed by atoms with Gasteiger partial charge < -0.3 is 14.8 Å². The van der Waals surface area contributed by atoms with Gasteiger partial charge in [-0.2, -0.15) is 0 Å². The molecule has 0 spiro atoms. The maximum absolute atomic E-state index is 12.5. The number of hydrogen-bond acceptors (Lipinski definition) is 4. The molecule has 0 aliphatic heterocycles. The van der Waals surface area contributed by atoms with Crippen LogP contribution in [0.3, 0.4) is 0 Å². The largest absolute Gasteiger partial charge is 0.489 e. The molecule has 0 aromatic heterocycles. The van der Waals surface area contributed by atoms with Gasteiger partial charge in [0.15, 0.2) is 5.78 Å². The molecule has 0 saturated heterocycles. The van der Waals surface area contributed by atoms with Gasteiger partial charge in [0.1, 0.15) is 19.0 Å². The average Bonchev–Trinajstić information content (AvgIpc) is 2.77. The highest BCUT2D eigenvalue weighted by atomic mass is 16.5. The van der Waals surface area contributed by atoms with Crippen molar-refractivity contribution in [2.45, 2.75) is 26.2 Å². The Labute approximate surface area is 170 Å². The Kier molecular flexibility index (Phi) is 7.00. The van der Waals surface area contributed by atoms with E-state index in [1.165, 1.54) is 0 Å². The Balaban J connectivity index is 1.48. The number of carbonyl (C=O) groups is 2. The highest BCUT2D eigenvalue weighted by molar-refractivity contribution is 6.01. The number of ether oxygens (including phenoxy) is 2. The smallest absolute Gasteiger partial charge is 0.408 e. The van der Waals surface area contributed by atoms with E-state index < -0.39 is 12.1 Å². The molecule has 0 unspecified atom stereocenters. The fourth-order valence-corrected chi connectivity index (χ4v) is 2.71. The van der Waals surface area contributed by atoms with Crippen molar-refractivity contribution in [1.29, 1.82) is 0 Å². The first-order valence-corrected chi connectivity index (χ1v) is 9.40. The van der Waals surface area contributed by atoms with Crippen molar-refractivity contribution in [3.05, 3.63) is 102 Å². The first-order chi connectivity index (χ1) is 14.1. The first-order valence-electron chi connectivity index (χ1n) is 9.40. The van der Waals surface area contributed by atoms with Gasteiger partial charge in [-0.1, -0.05) is 60.7 Å². The van der Waals surface area contributed by atoms with E-state index in [1.807, 2.05) is 60.7 Å². The summed E-state index contributed by atoms with van der Waals surface area (Å²) in [6.45, 7) is 2.24. The Hall–Kier alpha value is -3.60. The standard InChI is InChI=1S/C24H23NO4/c1-18(25-24(27)29-17-20-10-6-3-7-11-20)23(26)21-12-14-22(15-13-21)28-16-19-8-4-2-5-9-19/h2-15,18H,16-17H2,1H3,(H,25,27)/t18-/m1/s1. The Morgan fingerprint density at radius 3 is 1.93 bits per heavy atom. The number of amides is 1. The van der Waals surface area contributed by atoms with Gasteiger partial charge in [0.05, 0.1) is 6.04 Å². The number of rotatable bonds is 8. The van der Waals surface area contributed by atoms with Gasteiger partial charge in [0, 0.05) is 5.56 Å². The summed E-state index contributed by atoms with van der Waals surface area (Å²) in [5.74, 6) is 0.476. The summed E-state index contributed by atoms with van der Waals surface area (Å²) in [6.07, 6.45) is -0.627. The molecule has 1 amide bonds. The molecule has 29 heavy (non-hydrogen) atoms. The van der Waals surface area contributed by atoms with E-state index in [2.05, 4.69) is 5.32 Å². The highest BCUT2D eigenvalue weighted by Gasteiger charge is 2.18. The van der Waals surface area contributed by atoms with Crippen LogP contribution in [0.25, 0.3) is 0 Å². The lowest BCUT2D eigenvalue weighted by molar-refractivity contribution is 0.0926. The lowest BCUT2D eigenvalue weighted by atomic mass is 10.1. The lowest BCUT2D eigenvalue weighted by Gasteiger charge is -2.14. The van der Waals surface area contributed by atoms with Crippen LogP contribution < -0.4 is 10.1 Å². The molecule has 5 heteroatoms. The van der Waals surface area contributed by atoms with Crippen LogP contribution in [0.5, 0.6) is 5.75 Å². The fraction of sp³-hybridized carbons (Fsp3) is 0.167. The summed E-state index contributed by atoms with van der Waals surface area (Å²) in [4.78, 5) is 24.5. The van der Waals surface area contributed by atoms with Gasteiger partial charge in [0.25, 0.3) is 0 Å². The van der Waals surface area contributed by atoms with Gasteiger partial charge in [-0.05, 0) is 42.3 Å². The third-order valence-electron chi connectivity index (χ3n) is 4.33. The topological polar surface area (TPSA) is 64.6 Å². The van der Waals surface area contributed by atoms with Crippen molar-refractivity contribution in [3.8, 4) is 5.75 Å². The lowest BCUT2D eigenvalue weighted by Crippen LogP contribution is -2.38.